The molecule has 29 heavy (non-hydrogen) atoms. The van der Waals surface area contributed by atoms with Crippen LogP contribution >= 0.6 is 0 Å². The van der Waals surface area contributed by atoms with E-state index in [2.05, 4.69) is 34.2 Å². The third-order valence-corrected chi connectivity index (χ3v) is 5.49. The number of carbonyl (C=O) groups is 2. The number of hydrogen-bond donors (Lipinski definition) is 0. The molecule has 1 fully saturated rings. The Morgan fingerprint density at radius 1 is 1.10 bits per heavy atom. The number of benzene rings is 1. The number of nitrogens with zero attached hydrogens (tertiary/aromatic N) is 4. The van der Waals surface area contributed by atoms with Crippen molar-refractivity contribution in [3.8, 4) is 0 Å². The van der Waals surface area contributed by atoms with E-state index >= 15 is 0 Å². The van der Waals surface area contributed by atoms with Crippen LogP contribution < -0.4 is 0 Å². The first-order valence-corrected chi connectivity index (χ1v) is 10.5. The fraction of sp³-hybridized carbons (Fsp3) is 0.478. The molecule has 0 aliphatic carbocycles. The summed E-state index contributed by atoms with van der Waals surface area (Å²) in [7, 11) is 0. The Morgan fingerprint density at radius 3 is 2.52 bits per heavy atom. The molecule has 0 spiro atoms. The number of rotatable bonds is 8. The Hall–Kier alpha value is -2.76. The molecule has 6 nitrogen and oxygen atoms in total. The van der Waals surface area contributed by atoms with Gasteiger partial charge in [-0.1, -0.05) is 37.3 Å². The molecule has 0 bridgehead atoms. The largest absolute Gasteiger partial charge is 0.343 e. The molecule has 154 valence electrons. The zero-order valence-electron chi connectivity index (χ0n) is 17.2. The highest BCUT2D eigenvalue weighted by atomic mass is 16.2. The number of likely N-dealkylation sites (tertiary alicyclic amines) is 1. The van der Waals surface area contributed by atoms with E-state index in [1.807, 2.05) is 17.9 Å². The lowest BCUT2D eigenvalue weighted by atomic mass is 9.90. The molecule has 2 heterocycles. The normalized spacial score (nSPS) is 14.6. The number of piperidine rings is 1. The summed E-state index contributed by atoms with van der Waals surface area (Å²) in [5.74, 6) is 0.613. The molecule has 1 aliphatic rings. The van der Waals surface area contributed by atoms with Gasteiger partial charge < -0.3 is 9.80 Å². The molecule has 2 amide bonds. The van der Waals surface area contributed by atoms with Crippen molar-refractivity contribution in [1.29, 1.82) is 0 Å². The molecule has 1 aliphatic heterocycles. The third kappa shape index (κ3) is 6.11. The maximum absolute atomic E-state index is 12.7. The van der Waals surface area contributed by atoms with Gasteiger partial charge in [-0.05, 0) is 37.2 Å². The van der Waals surface area contributed by atoms with E-state index in [1.165, 1.54) is 18.0 Å². The van der Waals surface area contributed by atoms with E-state index in [1.54, 1.807) is 11.1 Å². The van der Waals surface area contributed by atoms with Gasteiger partial charge in [0.1, 0.15) is 5.69 Å². The van der Waals surface area contributed by atoms with Crippen molar-refractivity contribution in [1.82, 2.24) is 19.8 Å². The standard InChI is InChI=1S/C23H30N4O2/c1-2-13-27(23(29)21-18-24-11-12-25-21)16-10-22(28)26-14-8-20(9-15-26)17-19-6-4-3-5-7-19/h3-7,11-12,18,20H,2,8-10,13-17H2,1H3. The third-order valence-electron chi connectivity index (χ3n) is 5.49. The fourth-order valence-corrected chi connectivity index (χ4v) is 3.88. The van der Waals surface area contributed by atoms with Gasteiger partial charge in [0.15, 0.2) is 0 Å². The monoisotopic (exact) mass is 394 g/mol. The number of amides is 2. The summed E-state index contributed by atoms with van der Waals surface area (Å²) >= 11 is 0. The summed E-state index contributed by atoms with van der Waals surface area (Å²) in [4.78, 5) is 37.1. The summed E-state index contributed by atoms with van der Waals surface area (Å²) in [5.41, 5.74) is 1.70. The summed E-state index contributed by atoms with van der Waals surface area (Å²) in [5, 5.41) is 0. The maximum Gasteiger partial charge on any atom is 0.274 e. The molecule has 0 N–H and O–H groups in total. The highest BCUT2D eigenvalue weighted by Crippen LogP contribution is 2.22. The summed E-state index contributed by atoms with van der Waals surface area (Å²) in [6, 6.07) is 10.6. The predicted octanol–water partition coefficient (Wildman–Crippen LogP) is 3.20. The minimum absolute atomic E-state index is 0.135. The van der Waals surface area contributed by atoms with E-state index in [-0.39, 0.29) is 11.8 Å². The molecule has 1 aromatic carbocycles. The fourth-order valence-electron chi connectivity index (χ4n) is 3.88. The van der Waals surface area contributed by atoms with Gasteiger partial charge in [-0.15, -0.1) is 0 Å². The Morgan fingerprint density at radius 2 is 1.86 bits per heavy atom. The average Bonchev–Trinajstić information content (AvgIpc) is 2.78. The lowest BCUT2D eigenvalue weighted by Gasteiger charge is -2.33. The summed E-state index contributed by atoms with van der Waals surface area (Å²) in [6.07, 6.45) is 8.90. The molecule has 1 saturated heterocycles. The summed E-state index contributed by atoms with van der Waals surface area (Å²) < 4.78 is 0. The van der Waals surface area contributed by atoms with Crippen LogP contribution in [-0.2, 0) is 11.2 Å². The zero-order chi connectivity index (χ0) is 20.5. The number of hydrogen-bond acceptors (Lipinski definition) is 4. The van der Waals surface area contributed by atoms with Gasteiger partial charge in [0.2, 0.25) is 5.91 Å². The van der Waals surface area contributed by atoms with E-state index in [0.717, 1.165) is 38.8 Å². The lowest BCUT2D eigenvalue weighted by Crippen LogP contribution is -2.41. The van der Waals surface area contributed by atoms with Crippen molar-refractivity contribution in [3.05, 3.63) is 60.2 Å². The van der Waals surface area contributed by atoms with E-state index in [0.29, 0.717) is 31.1 Å². The van der Waals surface area contributed by atoms with Crippen LogP contribution in [0.15, 0.2) is 48.9 Å². The smallest absolute Gasteiger partial charge is 0.274 e. The lowest BCUT2D eigenvalue weighted by molar-refractivity contribution is -0.132. The highest BCUT2D eigenvalue weighted by Gasteiger charge is 2.24. The minimum Gasteiger partial charge on any atom is -0.343 e. The first kappa shape index (κ1) is 21.0. The number of carbonyl (C=O) groups excluding carboxylic acids is 2. The van der Waals surface area contributed by atoms with E-state index in [4.69, 9.17) is 0 Å². The Bertz CT molecular complexity index is 774. The predicted molar refractivity (Wildman–Crippen MR) is 112 cm³/mol. The van der Waals surface area contributed by atoms with Gasteiger partial charge in [-0.3, -0.25) is 14.6 Å². The van der Waals surface area contributed by atoms with Gasteiger partial charge >= 0.3 is 0 Å². The quantitative estimate of drug-likeness (QED) is 0.690. The zero-order valence-corrected chi connectivity index (χ0v) is 17.2. The molecule has 0 radical (unpaired) electrons. The average molecular weight is 395 g/mol. The van der Waals surface area contributed by atoms with Crippen LogP contribution in [0, 0.1) is 5.92 Å². The summed E-state index contributed by atoms with van der Waals surface area (Å²) in [6.45, 7) is 4.68. The molecule has 2 aromatic rings. The van der Waals surface area contributed by atoms with Crippen LogP contribution in [0.3, 0.4) is 0 Å². The molecular formula is C23H30N4O2. The molecule has 0 saturated carbocycles. The molecule has 0 unspecified atom stereocenters. The van der Waals surface area contributed by atoms with Crippen LogP contribution in [0.2, 0.25) is 0 Å². The van der Waals surface area contributed by atoms with Crippen molar-refractivity contribution >= 4 is 11.8 Å². The van der Waals surface area contributed by atoms with Crippen molar-refractivity contribution in [2.45, 2.75) is 39.0 Å². The van der Waals surface area contributed by atoms with Crippen molar-refractivity contribution in [2.24, 2.45) is 5.92 Å². The highest BCUT2D eigenvalue weighted by molar-refractivity contribution is 5.92. The number of aromatic nitrogens is 2. The van der Waals surface area contributed by atoms with Crippen LogP contribution in [0.4, 0.5) is 0 Å². The minimum atomic E-state index is -0.158. The molecular weight excluding hydrogens is 364 g/mol. The van der Waals surface area contributed by atoms with Gasteiger partial charge in [0.05, 0.1) is 6.20 Å². The Balaban J connectivity index is 1.46. The molecule has 6 heteroatoms. The van der Waals surface area contributed by atoms with Gasteiger partial charge in [-0.25, -0.2) is 4.98 Å². The first-order valence-electron chi connectivity index (χ1n) is 10.5. The molecule has 1 aromatic heterocycles. The van der Waals surface area contributed by atoms with Gasteiger partial charge in [0.25, 0.3) is 5.91 Å². The SMILES string of the molecule is CCCN(CCC(=O)N1CCC(Cc2ccccc2)CC1)C(=O)c1cnccn1. The molecule has 3 rings (SSSR count). The van der Waals surface area contributed by atoms with Gasteiger partial charge in [-0.2, -0.15) is 0 Å². The van der Waals surface area contributed by atoms with Gasteiger partial charge in [0, 0.05) is 45.0 Å². The van der Waals surface area contributed by atoms with Crippen LogP contribution in [0.25, 0.3) is 0 Å². The van der Waals surface area contributed by atoms with E-state index < -0.39 is 0 Å². The Kier molecular flexibility index (Phi) is 7.73. The van der Waals surface area contributed by atoms with Crippen LogP contribution in [0.1, 0.15) is 48.7 Å². The maximum atomic E-state index is 12.7. The topological polar surface area (TPSA) is 66.4 Å². The molecule has 0 atom stereocenters. The Labute approximate surface area is 173 Å². The van der Waals surface area contributed by atoms with Crippen molar-refractivity contribution in [3.63, 3.8) is 0 Å². The second-order valence-electron chi connectivity index (χ2n) is 7.65. The second kappa shape index (κ2) is 10.7. The van der Waals surface area contributed by atoms with Crippen molar-refractivity contribution < 1.29 is 9.59 Å². The van der Waals surface area contributed by atoms with Crippen LogP contribution in [-0.4, -0.2) is 57.8 Å². The van der Waals surface area contributed by atoms with Crippen LogP contribution in [0.5, 0.6) is 0 Å². The first-order chi connectivity index (χ1) is 14.2. The van der Waals surface area contributed by atoms with E-state index in [9.17, 15) is 9.59 Å². The van der Waals surface area contributed by atoms with Crippen molar-refractivity contribution in [2.75, 3.05) is 26.2 Å². The second-order valence-corrected chi connectivity index (χ2v) is 7.65.